The van der Waals surface area contributed by atoms with E-state index in [9.17, 15) is 28.3 Å². The van der Waals surface area contributed by atoms with E-state index in [-0.39, 0.29) is 37.8 Å². The molecule has 0 bridgehead atoms. The fourth-order valence-electron chi connectivity index (χ4n) is 3.80. The highest BCUT2D eigenvalue weighted by Gasteiger charge is 2.43. The van der Waals surface area contributed by atoms with E-state index >= 15 is 0 Å². The molecule has 0 aromatic heterocycles. The molecule has 1 heterocycles. The molecule has 0 saturated carbocycles. The average Bonchev–Trinajstić information content (AvgIpc) is 3.20. The van der Waals surface area contributed by atoms with Crippen LogP contribution in [0.3, 0.4) is 0 Å². The zero-order valence-electron chi connectivity index (χ0n) is 17.4. The zero-order valence-corrected chi connectivity index (χ0v) is 17.4. The maximum Gasteiger partial charge on any atom is 0.407 e. The van der Waals surface area contributed by atoms with Crippen LogP contribution in [0.15, 0.2) is 48.5 Å². The molecule has 1 fully saturated rings. The number of halogens is 2. The molecule has 1 aliphatic heterocycles. The number of carbonyl (C=O) groups is 3. The molecule has 0 radical (unpaired) electrons. The predicted octanol–water partition coefficient (Wildman–Crippen LogP) is 2.21. The van der Waals surface area contributed by atoms with Gasteiger partial charge in [-0.05, 0) is 48.2 Å². The van der Waals surface area contributed by atoms with Crippen molar-refractivity contribution in [3.8, 4) is 0 Å². The molecular weight excluding hydrogens is 420 g/mol. The molecule has 0 aliphatic carbocycles. The first-order chi connectivity index (χ1) is 15.3. The summed E-state index contributed by atoms with van der Waals surface area (Å²) in [5.74, 6) is -3.22. The van der Waals surface area contributed by atoms with Crippen LogP contribution in [0.4, 0.5) is 13.6 Å². The van der Waals surface area contributed by atoms with Crippen LogP contribution in [0.5, 0.6) is 0 Å². The minimum atomic E-state index is -1.20. The van der Waals surface area contributed by atoms with Crippen molar-refractivity contribution in [1.82, 2.24) is 15.5 Å². The first-order valence-corrected chi connectivity index (χ1v) is 10.4. The SMILES string of the molecule is O=C(NCCc1cccc(F)c1)[C@H]1CN(C(=O)O)C[C@@H]1C(=O)NCCc1cccc(F)c1. The molecule has 1 aliphatic rings. The maximum absolute atomic E-state index is 13.3. The highest BCUT2D eigenvalue weighted by atomic mass is 19.1. The summed E-state index contributed by atoms with van der Waals surface area (Å²) in [6.45, 7) is 0.311. The summed E-state index contributed by atoms with van der Waals surface area (Å²) in [5.41, 5.74) is 1.44. The Balaban J connectivity index is 1.55. The molecule has 3 N–H and O–H groups in total. The minimum absolute atomic E-state index is 0.0802. The van der Waals surface area contributed by atoms with Gasteiger partial charge in [-0.15, -0.1) is 0 Å². The van der Waals surface area contributed by atoms with Crippen LogP contribution in [0.2, 0.25) is 0 Å². The van der Waals surface area contributed by atoms with E-state index in [0.717, 1.165) is 16.0 Å². The Morgan fingerprint density at radius 1 is 0.844 bits per heavy atom. The fraction of sp³-hybridized carbons (Fsp3) is 0.348. The molecule has 3 rings (SSSR count). The summed E-state index contributed by atoms with van der Waals surface area (Å²) in [7, 11) is 0. The second kappa shape index (κ2) is 10.7. The summed E-state index contributed by atoms with van der Waals surface area (Å²) in [5, 5.41) is 14.8. The number of amides is 3. The van der Waals surface area contributed by atoms with Gasteiger partial charge in [0, 0.05) is 26.2 Å². The molecule has 2 atom stereocenters. The van der Waals surface area contributed by atoms with Crippen molar-refractivity contribution in [2.24, 2.45) is 11.8 Å². The smallest absolute Gasteiger partial charge is 0.407 e. The van der Waals surface area contributed by atoms with E-state index in [1.165, 1.54) is 24.3 Å². The normalized spacial score (nSPS) is 17.8. The van der Waals surface area contributed by atoms with Crippen LogP contribution in [0.25, 0.3) is 0 Å². The molecule has 170 valence electrons. The van der Waals surface area contributed by atoms with E-state index in [0.29, 0.717) is 12.8 Å². The topological polar surface area (TPSA) is 98.7 Å². The number of carboxylic acid groups (broad SMARTS) is 1. The Morgan fingerprint density at radius 3 is 1.66 bits per heavy atom. The first-order valence-electron chi connectivity index (χ1n) is 10.4. The van der Waals surface area contributed by atoms with Gasteiger partial charge in [-0.1, -0.05) is 24.3 Å². The van der Waals surface area contributed by atoms with Gasteiger partial charge in [0.05, 0.1) is 11.8 Å². The largest absolute Gasteiger partial charge is 0.465 e. The lowest BCUT2D eigenvalue weighted by Crippen LogP contribution is -2.42. The van der Waals surface area contributed by atoms with Gasteiger partial charge in [0.2, 0.25) is 11.8 Å². The summed E-state index contributed by atoms with van der Waals surface area (Å²) in [6, 6.07) is 12.1. The molecule has 9 heteroatoms. The number of carbonyl (C=O) groups excluding carboxylic acids is 2. The molecule has 32 heavy (non-hydrogen) atoms. The van der Waals surface area contributed by atoms with Crippen LogP contribution in [0.1, 0.15) is 11.1 Å². The summed E-state index contributed by atoms with van der Waals surface area (Å²) in [4.78, 5) is 37.8. The molecule has 1 saturated heterocycles. The highest BCUT2D eigenvalue weighted by molar-refractivity contribution is 5.89. The molecule has 7 nitrogen and oxygen atoms in total. The Labute approximate surface area is 184 Å². The van der Waals surface area contributed by atoms with Gasteiger partial charge >= 0.3 is 6.09 Å². The number of nitrogens with one attached hydrogen (secondary N) is 2. The van der Waals surface area contributed by atoms with Gasteiger partial charge in [0.25, 0.3) is 0 Å². The Hall–Kier alpha value is -3.49. The molecule has 2 aromatic carbocycles. The summed E-state index contributed by atoms with van der Waals surface area (Å²) < 4.78 is 26.6. The average molecular weight is 445 g/mol. The maximum atomic E-state index is 13.3. The molecule has 3 amide bonds. The number of hydrogen-bond donors (Lipinski definition) is 3. The lowest BCUT2D eigenvalue weighted by molar-refractivity contribution is -0.132. The van der Waals surface area contributed by atoms with Crippen molar-refractivity contribution in [2.45, 2.75) is 12.8 Å². The van der Waals surface area contributed by atoms with Crippen LogP contribution in [0, 0.1) is 23.5 Å². The van der Waals surface area contributed by atoms with Crippen molar-refractivity contribution < 1.29 is 28.3 Å². The number of benzene rings is 2. The second-order valence-electron chi connectivity index (χ2n) is 7.74. The fourth-order valence-corrected chi connectivity index (χ4v) is 3.80. The van der Waals surface area contributed by atoms with Gasteiger partial charge in [0.15, 0.2) is 0 Å². The Kier molecular flexibility index (Phi) is 7.75. The molecular formula is C23H25F2N3O4. The van der Waals surface area contributed by atoms with Crippen molar-refractivity contribution >= 4 is 17.9 Å². The highest BCUT2D eigenvalue weighted by Crippen LogP contribution is 2.24. The van der Waals surface area contributed by atoms with Crippen molar-refractivity contribution in [3.05, 3.63) is 71.3 Å². The van der Waals surface area contributed by atoms with Crippen LogP contribution in [-0.2, 0) is 22.4 Å². The number of rotatable bonds is 8. The summed E-state index contributed by atoms with van der Waals surface area (Å²) >= 11 is 0. The molecule has 2 aromatic rings. The van der Waals surface area contributed by atoms with Gasteiger partial charge < -0.3 is 20.6 Å². The van der Waals surface area contributed by atoms with E-state index in [4.69, 9.17) is 0 Å². The summed E-state index contributed by atoms with van der Waals surface area (Å²) in [6.07, 6.45) is -0.384. The third-order valence-corrected chi connectivity index (χ3v) is 5.47. The van der Waals surface area contributed by atoms with Crippen molar-refractivity contribution in [3.63, 3.8) is 0 Å². The third-order valence-electron chi connectivity index (χ3n) is 5.47. The van der Waals surface area contributed by atoms with Gasteiger partial charge in [0.1, 0.15) is 11.6 Å². The van der Waals surface area contributed by atoms with Gasteiger partial charge in [-0.2, -0.15) is 0 Å². The molecule has 0 spiro atoms. The molecule has 0 unspecified atom stereocenters. The monoisotopic (exact) mass is 445 g/mol. The number of nitrogens with zero attached hydrogens (tertiary/aromatic N) is 1. The van der Waals surface area contributed by atoms with Crippen LogP contribution < -0.4 is 10.6 Å². The van der Waals surface area contributed by atoms with E-state index in [1.54, 1.807) is 24.3 Å². The zero-order chi connectivity index (χ0) is 23.1. The third kappa shape index (κ3) is 6.26. The second-order valence-corrected chi connectivity index (χ2v) is 7.74. The van der Waals surface area contributed by atoms with Crippen molar-refractivity contribution in [2.75, 3.05) is 26.2 Å². The van der Waals surface area contributed by atoms with Gasteiger partial charge in [-0.3, -0.25) is 9.59 Å². The minimum Gasteiger partial charge on any atom is -0.465 e. The van der Waals surface area contributed by atoms with Gasteiger partial charge in [-0.25, -0.2) is 13.6 Å². The van der Waals surface area contributed by atoms with Crippen LogP contribution in [-0.4, -0.2) is 54.1 Å². The van der Waals surface area contributed by atoms with E-state index in [2.05, 4.69) is 10.6 Å². The first kappa shape index (κ1) is 23.2. The lowest BCUT2D eigenvalue weighted by Gasteiger charge is -2.17. The standard InChI is InChI=1S/C23H25F2N3O4/c24-17-5-1-3-15(11-17)7-9-26-21(29)19-13-28(23(31)32)14-20(19)22(30)27-10-8-16-4-2-6-18(25)12-16/h1-6,11-12,19-20H,7-10,13-14H2,(H,26,29)(H,27,30)(H,31,32)/t19-,20-/m0/s1. The van der Waals surface area contributed by atoms with E-state index in [1.807, 2.05) is 0 Å². The van der Waals surface area contributed by atoms with Crippen molar-refractivity contribution in [1.29, 1.82) is 0 Å². The lowest BCUT2D eigenvalue weighted by atomic mass is 9.94. The number of hydrogen-bond acceptors (Lipinski definition) is 3. The Bertz CT molecular complexity index is 914. The van der Waals surface area contributed by atoms with E-state index < -0.39 is 29.7 Å². The Morgan fingerprint density at radius 2 is 1.28 bits per heavy atom. The number of likely N-dealkylation sites (tertiary alicyclic amines) is 1. The van der Waals surface area contributed by atoms with Crippen LogP contribution >= 0.6 is 0 Å². The predicted molar refractivity (Wildman–Crippen MR) is 113 cm³/mol. The quantitative estimate of drug-likeness (QED) is 0.580.